The normalized spacial score (nSPS) is 9.58. The Morgan fingerprint density at radius 1 is 1.67 bits per heavy atom. The zero-order valence-corrected chi connectivity index (χ0v) is 7.55. The van der Waals surface area contributed by atoms with Gasteiger partial charge in [0.1, 0.15) is 5.02 Å². The molecule has 0 saturated carbocycles. The molecule has 1 heterocycles. The van der Waals surface area contributed by atoms with E-state index in [9.17, 15) is 4.79 Å². The van der Waals surface area contributed by atoms with Gasteiger partial charge in [0.15, 0.2) is 6.29 Å². The van der Waals surface area contributed by atoms with Crippen LogP contribution in [-0.2, 0) is 0 Å². The number of ether oxygens (including phenoxy) is 1. The average molecular weight is 186 g/mol. The lowest BCUT2D eigenvalue weighted by Gasteiger charge is -2.03. The fraction of sp³-hybridized carbons (Fsp3) is 0.250. The summed E-state index contributed by atoms with van der Waals surface area (Å²) in [7, 11) is 1.48. The Bertz CT molecular complexity index is 312. The molecule has 0 radical (unpaired) electrons. The van der Waals surface area contributed by atoms with Crippen LogP contribution in [0, 0.1) is 6.92 Å². The summed E-state index contributed by atoms with van der Waals surface area (Å²) >= 11 is 5.73. The maximum atomic E-state index is 10.4. The van der Waals surface area contributed by atoms with Crippen molar-refractivity contribution < 1.29 is 9.53 Å². The van der Waals surface area contributed by atoms with Gasteiger partial charge in [-0.2, -0.15) is 0 Å². The summed E-state index contributed by atoms with van der Waals surface area (Å²) in [4.78, 5) is 14.4. The number of carbonyl (C=O) groups is 1. The molecule has 0 fully saturated rings. The lowest BCUT2D eigenvalue weighted by Crippen LogP contribution is -1.95. The van der Waals surface area contributed by atoms with Gasteiger partial charge in [0.25, 0.3) is 0 Å². The summed E-state index contributed by atoms with van der Waals surface area (Å²) in [6.45, 7) is 1.72. The first kappa shape index (κ1) is 9.00. The number of nitrogens with zero attached hydrogens (tertiary/aromatic N) is 1. The number of halogens is 1. The predicted molar refractivity (Wildman–Crippen MR) is 45.9 cm³/mol. The number of hydrogen-bond donors (Lipinski definition) is 0. The maximum absolute atomic E-state index is 10.4. The fourth-order valence-corrected chi connectivity index (χ4v) is 1.07. The van der Waals surface area contributed by atoms with Crippen LogP contribution < -0.4 is 4.74 Å². The van der Waals surface area contributed by atoms with Gasteiger partial charge >= 0.3 is 0 Å². The summed E-state index contributed by atoms with van der Waals surface area (Å²) in [5, 5.41) is 0.352. The standard InChI is InChI=1S/C8H8ClNO2/c1-5-6(4-11)3-7(9)8(10-5)12-2/h3-4H,1-2H3. The molecule has 1 rings (SSSR count). The van der Waals surface area contributed by atoms with Crippen molar-refractivity contribution in [2.75, 3.05) is 7.11 Å². The van der Waals surface area contributed by atoms with Crippen molar-refractivity contribution in [2.45, 2.75) is 6.92 Å². The minimum atomic E-state index is 0.347. The van der Waals surface area contributed by atoms with Gasteiger partial charge in [-0.05, 0) is 13.0 Å². The molecule has 0 atom stereocenters. The number of aromatic nitrogens is 1. The van der Waals surface area contributed by atoms with E-state index in [0.29, 0.717) is 28.4 Å². The highest BCUT2D eigenvalue weighted by molar-refractivity contribution is 6.32. The molecule has 64 valence electrons. The van der Waals surface area contributed by atoms with Crippen molar-refractivity contribution >= 4 is 17.9 Å². The Balaban J connectivity index is 3.25. The molecule has 0 saturated heterocycles. The van der Waals surface area contributed by atoms with E-state index in [1.807, 2.05) is 0 Å². The molecule has 1 aromatic heterocycles. The third kappa shape index (κ3) is 1.56. The molecule has 4 heteroatoms. The van der Waals surface area contributed by atoms with Crippen LogP contribution in [-0.4, -0.2) is 18.4 Å². The van der Waals surface area contributed by atoms with Crippen molar-refractivity contribution in [3.63, 3.8) is 0 Å². The van der Waals surface area contributed by atoms with Gasteiger partial charge in [-0.25, -0.2) is 4.98 Å². The molecule has 0 aliphatic heterocycles. The van der Waals surface area contributed by atoms with E-state index in [1.54, 1.807) is 6.92 Å². The number of methoxy groups -OCH3 is 1. The molecule has 0 bridgehead atoms. The van der Waals surface area contributed by atoms with E-state index in [1.165, 1.54) is 13.2 Å². The SMILES string of the molecule is COc1nc(C)c(C=O)cc1Cl. The van der Waals surface area contributed by atoms with Crippen molar-refractivity contribution in [1.82, 2.24) is 4.98 Å². The molecule has 0 amide bonds. The molecule has 0 aliphatic rings. The minimum absolute atomic E-state index is 0.347. The van der Waals surface area contributed by atoms with Gasteiger partial charge in [-0.1, -0.05) is 11.6 Å². The first-order valence-corrected chi connectivity index (χ1v) is 3.73. The van der Waals surface area contributed by atoms with Gasteiger partial charge < -0.3 is 4.74 Å². The quantitative estimate of drug-likeness (QED) is 0.661. The van der Waals surface area contributed by atoms with Crippen LogP contribution in [0.4, 0.5) is 0 Å². The highest BCUT2D eigenvalue weighted by Crippen LogP contribution is 2.23. The minimum Gasteiger partial charge on any atom is -0.480 e. The summed E-state index contributed by atoms with van der Waals surface area (Å²) < 4.78 is 4.87. The van der Waals surface area contributed by atoms with E-state index < -0.39 is 0 Å². The second-order valence-corrected chi connectivity index (χ2v) is 2.68. The third-order valence-corrected chi connectivity index (χ3v) is 1.76. The van der Waals surface area contributed by atoms with Crippen LogP contribution >= 0.6 is 11.6 Å². The molecule has 0 aliphatic carbocycles. The first-order valence-electron chi connectivity index (χ1n) is 3.35. The molecular formula is C8H8ClNO2. The van der Waals surface area contributed by atoms with E-state index in [4.69, 9.17) is 16.3 Å². The number of rotatable bonds is 2. The van der Waals surface area contributed by atoms with Crippen molar-refractivity contribution in [2.24, 2.45) is 0 Å². The smallest absolute Gasteiger partial charge is 0.232 e. The average Bonchev–Trinajstić information content (AvgIpc) is 2.08. The Morgan fingerprint density at radius 3 is 2.83 bits per heavy atom. The molecule has 0 N–H and O–H groups in total. The van der Waals surface area contributed by atoms with Crippen molar-refractivity contribution in [3.05, 3.63) is 22.3 Å². The summed E-state index contributed by atoms with van der Waals surface area (Å²) in [5.41, 5.74) is 1.10. The van der Waals surface area contributed by atoms with Gasteiger partial charge in [0.05, 0.1) is 12.8 Å². The molecular weight excluding hydrogens is 178 g/mol. The van der Waals surface area contributed by atoms with Crippen molar-refractivity contribution in [1.29, 1.82) is 0 Å². The zero-order valence-electron chi connectivity index (χ0n) is 6.80. The number of aryl methyl sites for hydroxylation is 1. The van der Waals surface area contributed by atoms with Gasteiger partial charge in [0.2, 0.25) is 5.88 Å². The maximum Gasteiger partial charge on any atom is 0.232 e. The number of pyridine rings is 1. The van der Waals surface area contributed by atoms with Crippen LogP contribution in [0.2, 0.25) is 5.02 Å². The number of aldehydes is 1. The Labute approximate surface area is 75.3 Å². The van der Waals surface area contributed by atoms with E-state index in [-0.39, 0.29) is 0 Å². The lowest BCUT2D eigenvalue weighted by atomic mass is 10.2. The molecule has 1 aromatic rings. The molecule has 0 aromatic carbocycles. The molecule has 0 unspecified atom stereocenters. The largest absolute Gasteiger partial charge is 0.480 e. The Morgan fingerprint density at radius 2 is 2.33 bits per heavy atom. The lowest BCUT2D eigenvalue weighted by molar-refractivity contribution is 0.112. The zero-order chi connectivity index (χ0) is 9.14. The van der Waals surface area contributed by atoms with E-state index in [0.717, 1.165) is 0 Å². The van der Waals surface area contributed by atoms with Crippen LogP contribution in [0.1, 0.15) is 16.1 Å². The van der Waals surface area contributed by atoms with E-state index in [2.05, 4.69) is 4.98 Å². The van der Waals surface area contributed by atoms with Crippen LogP contribution in [0.5, 0.6) is 5.88 Å². The van der Waals surface area contributed by atoms with Crippen LogP contribution in [0.25, 0.3) is 0 Å². The third-order valence-electron chi connectivity index (χ3n) is 1.49. The summed E-state index contributed by atoms with van der Waals surface area (Å²) in [5.74, 6) is 0.347. The van der Waals surface area contributed by atoms with Gasteiger partial charge in [0, 0.05) is 5.56 Å². The highest BCUT2D eigenvalue weighted by Gasteiger charge is 2.06. The predicted octanol–water partition coefficient (Wildman–Crippen LogP) is 1.86. The monoisotopic (exact) mass is 185 g/mol. The van der Waals surface area contributed by atoms with Gasteiger partial charge in [-0.3, -0.25) is 4.79 Å². The summed E-state index contributed by atoms with van der Waals surface area (Å²) in [6.07, 6.45) is 0.716. The van der Waals surface area contributed by atoms with Crippen molar-refractivity contribution in [3.8, 4) is 5.88 Å². The second-order valence-electron chi connectivity index (χ2n) is 2.27. The number of hydrogen-bond acceptors (Lipinski definition) is 3. The molecule has 3 nitrogen and oxygen atoms in total. The highest BCUT2D eigenvalue weighted by atomic mass is 35.5. The molecule has 0 spiro atoms. The number of carbonyl (C=O) groups excluding carboxylic acids is 1. The Kier molecular flexibility index (Phi) is 2.65. The fourth-order valence-electron chi connectivity index (χ4n) is 0.835. The second kappa shape index (κ2) is 3.54. The van der Waals surface area contributed by atoms with E-state index >= 15 is 0 Å². The van der Waals surface area contributed by atoms with Gasteiger partial charge in [-0.15, -0.1) is 0 Å². The molecule has 12 heavy (non-hydrogen) atoms. The van der Waals surface area contributed by atoms with Crippen LogP contribution in [0.3, 0.4) is 0 Å². The summed E-state index contributed by atoms with van der Waals surface area (Å²) in [6, 6.07) is 1.54. The van der Waals surface area contributed by atoms with Crippen LogP contribution in [0.15, 0.2) is 6.07 Å². The first-order chi connectivity index (χ1) is 5.69. The Hall–Kier alpha value is -1.09. The topological polar surface area (TPSA) is 39.2 Å².